The molecule has 0 rings (SSSR count). The molecule has 1 N–H and O–H groups in total. The van der Waals surface area contributed by atoms with Gasteiger partial charge in [-0.05, 0) is 13.3 Å². The van der Waals surface area contributed by atoms with Gasteiger partial charge in [-0.2, -0.15) is 0 Å². The summed E-state index contributed by atoms with van der Waals surface area (Å²) in [5, 5.41) is 0. The fourth-order valence-electron chi connectivity index (χ4n) is 0.798. The smallest absolute Gasteiger partial charge is 0.212 e. The number of nitrogens with one attached hydrogen (secondary N) is 1. The standard InChI is InChI=1S/C8H17NO4S2/c1-3-4-5-6-9-15(12,13)8-7-14(2,10)11/h3-4,9H,5-8H2,1-2H3/b4-3+. The van der Waals surface area contributed by atoms with Gasteiger partial charge in [0, 0.05) is 12.8 Å². The molecule has 15 heavy (non-hydrogen) atoms. The number of allylic oxidation sites excluding steroid dienone is 1. The third kappa shape index (κ3) is 9.89. The summed E-state index contributed by atoms with van der Waals surface area (Å²) in [7, 11) is -6.68. The first-order valence-corrected chi connectivity index (χ1v) is 8.24. The first-order chi connectivity index (χ1) is 6.77. The highest BCUT2D eigenvalue weighted by atomic mass is 32.2. The first-order valence-electron chi connectivity index (χ1n) is 4.53. The minimum Gasteiger partial charge on any atom is -0.229 e. The lowest BCUT2D eigenvalue weighted by Gasteiger charge is -2.04. The van der Waals surface area contributed by atoms with Crippen LogP contribution in [0.2, 0.25) is 0 Å². The van der Waals surface area contributed by atoms with Crippen LogP contribution in [0.4, 0.5) is 0 Å². The van der Waals surface area contributed by atoms with E-state index in [0.717, 1.165) is 6.26 Å². The highest BCUT2D eigenvalue weighted by molar-refractivity contribution is 7.93. The van der Waals surface area contributed by atoms with Crippen molar-refractivity contribution in [3.63, 3.8) is 0 Å². The Morgan fingerprint density at radius 1 is 1.13 bits per heavy atom. The van der Waals surface area contributed by atoms with E-state index in [2.05, 4.69) is 4.72 Å². The summed E-state index contributed by atoms with van der Waals surface area (Å²) >= 11 is 0. The number of sulfonamides is 1. The van der Waals surface area contributed by atoms with E-state index >= 15 is 0 Å². The van der Waals surface area contributed by atoms with Crippen LogP contribution in [0.3, 0.4) is 0 Å². The van der Waals surface area contributed by atoms with E-state index in [-0.39, 0.29) is 11.5 Å². The average Bonchev–Trinajstić information content (AvgIpc) is 2.09. The fourth-order valence-corrected chi connectivity index (χ4v) is 3.46. The third-order valence-corrected chi connectivity index (χ3v) is 4.18. The normalized spacial score (nSPS) is 13.5. The van der Waals surface area contributed by atoms with Gasteiger partial charge in [-0.25, -0.2) is 21.6 Å². The molecule has 0 amide bonds. The van der Waals surface area contributed by atoms with E-state index in [1.54, 1.807) is 0 Å². The van der Waals surface area contributed by atoms with Gasteiger partial charge in [0.05, 0.1) is 11.5 Å². The van der Waals surface area contributed by atoms with Gasteiger partial charge >= 0.3 is 0 Å². The summed E-state index contributed by atoms with van der Waals surface area (Å²) in [6.45, 7) is 2.15. The molecule has 0 unspecified atom stereocenters. The SMILES string of the molecule is C/C=C/CCNS(=O)(=O)CCS(C)(=O)=O. The van der Waals surface area contributed by atoms with Gasteiger partial charge in [0.2, 0.25) is 10.0 Å². The van der Waals surface area contributed by atoms with Crippen LogP contribution in [0.15, 0.2) is 12.2 Å². The molecule has 0 radical (unpaired) electrons. The van der Waals surface area contributed by atoms with Crippen LogP contribution in [0.5, 0.6) is 0 Å². The van der Waals surface area contributed by atoms with E-state index in [4.69, 9.17) is 0 Å². The van der Waals surface area contributed by atoms with E-state index in [9.17, 15) is 16.8 Å². The summed E-state index contributed by atoms with van der Waals surface area (Å²) in [5.41, 5.74) is 0. The Bertz CT molecular complexity index is 394. The van der Waals surface area contributed by atoms with E-state index < -0.39 is 19.9 Å². The van der Waals surface area contributed by atoms with Crippen LogP contribution < -0.4 is 4.72 Å². The number of hydrogen-bond acceptors (Lipinski definition) is 4. The Kier molecular flexibility index (Phi) is 6.07. The lowest BCUT2D eigenvalue weighted by molar-refractivity contribution is 0.579. The number of hydrogen-bond donors (Lipinski definition) is 1. The van der Waals surface area contributed by atoms with Crippen molar-refractivity contribution in [3.05, 3.63) is 12.2 Å². The van der Waals surface area contributed by atoms with E-state index in [1.165, 1.54) is 0 Å². The molecule has 0 atom stereocenters. The molecule has 7 heteroatoms. The molecule has 0 aromatic rings. The summed E-state index contributed by atoms with van der Waals surface area (Å²) in [4.78, 5) is 0. The van der Waals surface area contributed by atoms with Crippen molar-refractivity contribution in [3.8, 4) is 0 Å². The fraction of sp³-hybridized carbons (Fsp3) is 0.750. The molecule has 0 aliphatic carbocycles. The summed E-state index contributed by atoms with van der Waals surface area (Å²) in [5.74, 6) is -0.715. The molecule has 5 nitrogen and oxygen atoms in total. The van der Waals surface area contributed by atoms with Gasteiger partial charge in [0.25, 0.3) is 0 Å². The van der Waals surface area contributed by atoms with Crippen molar-refractivity contribution < 1.29 is 16.8 Å². The minimum absolute atomic E-state index is 0.302. The van der Waals surface area contributed by atoms with Crippen LogP contribution in [-0.4, -0.2) is 41.1 Å². The maximum absolute atomic E-state index is 11.2. The predicted octanol–water partition coefficient (Wildman–Crippen LogP) is -0.0834. The predicted molar refractivity (Wildman–Crippen MR) is 60.9 cm³/mol. The zero-order valence-electron chi connectivity index (χ0n) is 8.93. The van der Waals surface area contributed by atoms with Crippen LogP contribution >= 0.6 is 0 Å². The second kappa shape index (κ2) is 6.24. The topological polar surface area (TPSA) is 80.3 Å². The van der Waals surface area contributed by atoms with Gasteiger partial charge in [0.15, 0.2) is 0 Å². The van der Waals surface area contributed by atoms with E-state index in [1.807, 2.05) is 19.1 Å². The Hall–Kier alpha value is -0.400. The van der Waals surface area contributed by atoms with Crippen molar-refractivity contribution in [2.75, 3.05) is 24.3 Å². The molecule has 90 valence electrons. The molecule has 0 heterocycles. The van der Waals surface area contributed by atoms with Gasteiger partial charge < -0.3 is 0 Å². The largest absolute Gasteiger partial charge is 0.229 e. The molecule has 0 spiro atoms. The van der Waals surface area contributed by atoms with Crippen LogP contribution in [0, 0.1) is 0 Å². The Morgan fingerprint density at radius 2 is 1.73 bits per heavy atom. The van der Waals surface area contributed by atoms with Crippen molar-refractivity contribution in [2.45, 2.75) is 13.3 Å². The lowest BCUT2D eigenvalue weighted by atomic mass is 10.4. The zero-order valence-corrected chi connectivity index (χ0v) is 10.6. The molecule has 0 bridgehead atoms. The molecular weight excluding hydrogens is 238 g/mol. The lowest BCUT2D eigenvalue weighted by Crippen LogP contribution is -2.30. The molecule has 0 saturated carbocycles. The molecule has 0 aliphatic rings. The van der Waals surface area contributed by atoms with Gasteiger partial charge in [0.1, 0.15) is 9.84 Å². The second-order valence-corrected chi connectivity index (χ2v) is 7.39. The number of sulfone groups is 1. The van der Waals surface area contributed by atoms with Gasteiger partial charge in [-0.3, -0.25) is 0 Å². The van der Waals surface area contributed by atoms with Crippen LogP contribution in [-0.2, 0) is 19.9 Å². The summed E-state index contributed by atoms with van der Waals surface area (Å²) < 4.78 is 46.3. The maximum atomic E-state index is 11.2. The minimum atomic E-state index is -3.46. The van der Waals surface area contributed by atoms with E-state index in [0.29, 0.717) is 13.0 Å². The van der Waals surface area contributed by atoms with Crippen LogP contribution in [0.1, 0.15) is 13.3 Å². The maximum Gasteiger partial charge on any atom is 0.212 e. The molecule has 0 aromatic carbocycles. The second-order valence-electron chi connectivity index (χ2n) is 3.20. The van der Waals surface area contributed by atoms with Gasteiger partial charge in [-0.1, -0.05) is 12.2 Å². The monoisotopic (exact) mass is 255 g/mol. The Labute approximate surface area is 91.5 Å². The zero-order chi connectivity index (χ0) is 11.9. The highest BCUT2D eigenvalue weighted by Crippen LogP contribution is 1.90. The Morgan fingerprint density at radius 3 is 2.20 bits per heavy atom. The van der Waals surface area contributed by atoms with Crippen molar-refractivity contribution >= 4 is 19.9 Å². The summed E-state index contributed by atoms with van der Waals surface area (Å²) in [6.07, 6.45) is 5.28. The first kappa shape index (κ1) is 14.6. The number of rotatable bonds is 7. The molecule has 0 aromatic heterocycles. The van der Waals surface area contributed by atoms with Crippen molar-refractivity contribution in [1.29, 1.82) is 0 Å². The highest BCUT2D eigenvalue weighted by Gasteiger charge is 2.13. The molecular formula is C8H17NO4S2. The summed E-state index contributed by atoms with van der Waals surface area (Å²) in [6, 6.07) is 0. The molecule has 0 saturated heterocycles. The van der Waals surface area contributed by atoms with Crippen molar-refractivity contribution in [1.82, 2.24) is 4.72 Å². The quantitative estimate of drug-likeness (QED) is 0.509. The van der Waals surface area contributed by atoms with Gasteiger partial charge in [-0.15, -0.1) is 0 Å². The van der Waals surface area contributed by atoms with Crippen LogP contribution in [0.25, 0.3) is 0 Å². The third-order valence-electron chi connectivity index (χ3n) is 1.59. The molecule has 0 aliphatic heterocycles. The average molecular weight is 255 g/mol. The van der Waals surface area contributed by atoms with Crippen molar-refractivity contribution in [2.24, 2.45) is 0 Å². The Balaban J connectivity index is 3.99. The molecule has 0 fully saturated rings.